The van der Waals surface area contributed by atoms with Crippen molar-refractivity contribution in [3.8, 4) is 5.75 Å². The van der Waals surface area contributed by atoms with Gasteiger partial charge in [-0.3, -0.25) is 0 Å². The number of carbonyl (C=O) groups is 1. The molecule has 4 aromatic rings. The number of halogens is 3. The topological polar surface area (TPSA) is 88.9 Å². The standard InChI is InChI=1S/C32H33F3N2O5S/c1-21(2)28-14-7-15-29(22(3)4)30(28)36-31(38)37(20-26-12-8-16-41-26)19-23-9-5-11-25(17-23)42-43(39,40)27-13-6-10-24(18-27)32(33,34)35/h5-18,21-22H,19-20H2,1-4H3,(H,36,38). The molecule has 0 aliphatic carbocycles. The summed E-state index contributed by atoms with van der Waals surface area (Å²) in [5.74, 6) is 0.733. The minimum absolute atomic E-state index is 0.0498. The number of nitrogens with zero attached hydrogens (tertiary/aromatic N) is 1. The molecule has 1 aromatic heterocycles. The van der Waals surface area contributed by atoms with Gasteiger partial charge in [0.25, 0.3) is 0 Å². The van der Waals surface area contributed by atoms with E-state index in [1.165, 1.54) is 23.3 Å². The van der Waals surface area contributed by atoms with Gasteiger partial charge in [0.1, 0.15) is 16.4 Å². The Labute approximate surface area is 249 Å². The number of amides is 2. The van der Waals surface area contributed by atoms with Gasteiger partial charge in [0.15, 0.2) is 0 Å². The molecule has 0 bridgehead atoms. The average molecular weight is 615 g/mol. The Bertz CT molecular complexity index is 1640. The summed E-state index contributed by atoms with van der Waals surface area (Å²) in [6.07, 6.45) is -3.21. The number of benzene rings is 3. The maximum atomic E-state index is 13.8. The Morgan fingerprint density at radius 2 is 1.53 bits per heavy atom. The van der Waals surface area contributed by atoms with Crippen LogP contribution in [0, 0.1) is 0 Å². The third-order valence-corrected chi connectivity index (χ3v) is 7.99. The van der Waals surface area contributed by atoms with E-state index in [0.717, 1.165) is 35.0 Å². The van der Waals surface area contributed by atoms with Crippen LogP contribution in [-0.2, 0) is 29.4 Å². The molecular formula is C32H33F3N2O5S. The Kier molecular flexibility index (Phi) is 9.54. The predicted octanol–water partition coefficient (Wildman–Crippen LogP) is 8.55. The van der Waals surface area contributed by atoms with Gasteiger partial charge >= 0.3 is 22.3 Å². The highest BCUT2D eigenvalue weighted by Gasteiger charge is 2.32. The van der Waals surface area contributed by atoms with Gasteiger partial charge in [-0.1, -0.05) is 64.1 Å². The van der Waals surface area contributed by atoms with E-state index in [2.05, 4.69) is 33.0 Å². The van der Waals surface area contributed by atoms with Crippen LogP contribution in [-0.4, -0.2) is 19.3 Å². The summed E-state index contributed by atoms with van der Waals surface area (Å²) in [7, 11) is -4.57. The molecule has 0 radical (unpaired) electrons. The van der Waals surface area contributed by atoms with Crippen molar-refractivity contribution < 1.29 is 35.0 Å². The molecule has 7 nitrogen and oxygen atoms in total. The molecule has 2 amide bonds. The Morgan fingerprint density at radius 3 is 2.14 bits per heavy atom. The molecule has 0 fully saturated rings. The van der Waals surface area contributed by atoms with E-state index in [1.807, 2.05) is 18.2 Å². The molecule has 0 spiro atoms. The predicted molar refractivity (Wildman–Crippen MR) is 157 cm³/mol. The van der Waals surface area contributed by atoms with E-state index in [9.17, 15) is 26.4 Å². The third-order valence-electron chi connectivity index (χ3n) is 6.75. The number of carbonyl (C=O) groups excluding carboxylic acids is 1. The molecule has 0 saturated carbocycles. The Hall–Kier alpha value is -4.25. The molecule has 43 heavy (non-hydrogen) atoms. The third kappa shape index (κ3) is 7.98. The van der Waals surface area contributed by atoms with Gasteiger partial charge in [-0.2, -0.15) is 21.6 Å². The first-order valence-corrected chi connectivity index (χ1v) is 15.1. The number of hydrogen-bond acceptors (Lipinski definition) is 5. The molecule has 228 valence electrons. The van der Waals surface area contributed by atoms with Crippen molar-refractivity contribution in [3.05, 3.63) is 113 Å². The van der Waals surface area contributed by atoms with Crippen molar-refractivity contribution in [2.75, 3.05) is 5.32 Å². The van der Waals surface area contributed by atoms with E-state index in [0.29, 0.717) is 17.4 Å². The first-order valence-electron chi connectivity index (χ1n) is 13.7. The van der Waals surface area contributed by atoms with Gasteiger partial charge in [0.2, 0.25) is 0 Å². The van der Waals surface area contributed by atoms with Crippen molar-refractivity contribution >= 4 is 21.8 Å². The largest absolute Gasteiger partial charge is 0.467 e. The lowest BCUT2D eigenvalue weighted by Gasteiger charge is -2.26. The monoisotopic (exact) mass is 614 g/mol. The lowest BCUT2D eigenvalue weighted by molar-refractivity contribution is -0.137. The van der Waals surface area contributed by atoms with Gasteiger partial charge in [0, 0.05) is 12.2 Å². The van der Waals surface area contributed by atoms with E-state index >= 15 is 0 Å². The summed E-state index contributed by atoms with van der Waals surface area (Å²) in [5, 5.41) is 3.09. The second kappa shape index (κ2) is 12.9. The van der Waals surface area contributed by atoms with Gasteiger partial charge in [0.05, 0.1) is 18.4 Å². The molecule has 0 aliphatic heterocycles. The summed E-state index contributed by atoms with van der Waals surface area (Å²) in [5.41, 5.74) is 2.15. The van der Waals surface area contributed by atoms with Crippen LogP contribution in [0.2, 0.25) is 0 Å². The van der Waals surface area contributed by atoms with Crippen LogP contribution >= 0.6 is 0 Å². The van der Waals surface area contributed by atoms with Gasteiger partial charge in [-0.15, -0.1) is 0 Å². The molecular weight excluding hydrogens is 581 g/mol. The number of furan rings is 1. The van der Waals surface area contributed by atoms with Crippen LogP contribution in [0.25, 0.3) is 0 Å². The number of alkyl halides is 3. The lowest BCUT2D eigenvalue weighted by atomic mass is 9.93. The van der Waals surface area contributed by atoms with Gasteiger partial charge in [-0.05, 0) is 71.0 Å². The zero-order valence-corrected chi connectivity index (χ0v) is 25.0. The number of anilines is 1. The van der Waals surface area contributed by atoms with Crippen LogP contribution in [0.4, 0.5) is 23.7 Å². The highest BCUT2D eigenvalue weighted by atomic mass is 32.2. The maximum absolute atomic E-state index is 13.8. The highest BCUT2D eigenvalue weighted by Crippen LogP contribution is 2.34. The van der Waals surface area contributed by atoms with Gasteiger partial charge in [-0.25, -0.2) is 4.79 Å². The van der Waals surface area contributed by atoms with Gasteiger partial charge < -0.3 is 18.8 Å². The summed E-state index contributed by atoms with van der Waals surface area (Å²) in [6.45, 7) is 8.37. The molecule has 0 unspecified atom stereocenters. The average Bonchev–Trinajstić information content (AvgIpc) is 3.45. The second-order valence-electron chi connectivity index (χ2n) is 10.7. The fourth-order valence-corrected chi connectivity index (χ4v) is 5.56. The summed E-state index contributed by atoms with van der Waals surface area (Å²) < 4.78 is 75.8. The summed E-state index contributed by atoms with van der Waals surface area (Å²) in [6, 6.07) is 18.4. The number of rotatable bonds is 10. The molecule has 0 saturated heterocycles. The molecule has 3 aromatic carbocycles. The fourth-order valence-electron chi connectivity index (χ4n) is 4.59. The number of urea groups is 1. The zero-order chi connectivity index (χ0) is 31.4. The molecule has 0 atom stereocenters. The van der Waals surface area contributed by atoms with E-state index in [-0.39, 0.29) is 30.7 Å². The fraction of sp³-hybridized carbons (Fsp3) is 0.281. The van der Waals surface area contributed by atoms with Crippen LogP contribution in [0.1, 0.15) is 67.5 Å². The van der Waals surface area contributed by atoms with Crippen molar-refractivity contribution in [2.45, 2.75) is 63.7 Å². The van der Waals surface area contributed by atoms with Crippen molar-refractivity contribution in [3.63, 3.8) is 0 Å². The normalized spacial score (nSPS) is 12.0. The lowest BCUT2D eigenvalue weighted by Crippen LogP contribution is -2.34. The molecule has 0 aliphatic rings. The van der Waals surface area contributed by atoms with Crippen LogP contribution < -0.4 is 9.50 Å². The Balaban J connectivity index is 1.61. The van der Waals surface area contributed by atoms with E-state index < -0.39 is 32.8 Å². The highest BCUT2D eigenvalue weighted by molar-refractivity contribution is 7.87. The smallest absolute Gasteiger partial charge is 0.416 e. The maximum Gasteiger partial charge on any atom is 0.416 e. The Morgan fingerprint density at radius 1 is 0.884 bits per heavy atom. The van der Waals surface area contributed by atoms with Crippen molar-refractivity contribution in [1.29, 1.82) is 0 Å². The van der Waals surface area contributed by atoms with Crippen LogP contribution in [0.3, 0.4) is 0 Å². The minimum atomic E-state index is -4.71. The first kappa shape index (κ1) is 31.7. The van der Waals surface area contributed by atoms with Crippen molar-refractivity contribution in [2.24, 2.45) is 0 Å². The molecule has 1 heterocycles. The summed E-state index contributed by atoms with van der Waals surface area (Å²) >= 11 is 0. The molecule has 4 rings (SSSR count). The number of nitrogens with one attached hydrogen (secondary N) is 1. The van der Waals surface area contributed by atoms with Crippen LogP contribution in [0.5, 0.6) is 5.75 Å². The molecule has 11 heteroatoms. The quantitative estimate of drug-likeness (QED) is 0.181. The number of para-hydroxylation sites is 1. The van der Waals surface area contributed by atoms with E-state index in [4.69, 9.17) is 8.60 Å². The zero-order valence-electron chi connectivity index (χ0n) is 24.2. The van der Waals surface area contributed by atoms with Crippen LogP contribution in [0.15, 0.2) is 94.4 Å². The second-order valence-corrected chi connectivity index (χ2v) is 12.2. The first-order chi connectivity index (χ1) is 20.2. The summed E-state index contributed by atoms with van der Waals surface area (Å²) in [4.78, 5) is 14.6. The van der Waals surface area contributed by atoms with E-state index in [1.54, 1.807) is 24.3 Å². The van der Waals surface area contributed by atoms with Crippen molar-refractivity contribution in [1.82, 2.24) is 4.90 Å². The minimum Gasteiger partial charge on any atom is -0.467 e. The SMILES string of the molecule is CC(C)c1cccc(C(C)C)c1NC(=O)N(Cc1cccc(OS(=O)(=O)c2cccc(C(F)(F)F)c2)c1)Cc1ccco1. The number of hydrogen-bond donors (Lipinski definition) is 1. The molecule has 1 N–H and O–H groups in total.